The summed E-state index contributed by atoms with van der Waals surface area (Å²) in [5.41, 5.74) is -1.26. The number of fused-ring (bicyclic) bond motifs is 1. The maximum atomic E-state index is 14.0. The van der Waals surface area contributed by atoms with Crippen LogP contribution in [0.15, 0.2) is 24.3 Å². The molecular weight excluding hydrogens is 292 g/mol. The van der Waals surface area contributed by atoms with Crippen molar-refractivity contribution >= 4 is 5.91 Å². The summed E-state index contributed by atoms with van der Waals surface area (Å²) in [7, 11) is 0. The molecule has 1 aromatic rings. The predicted molar refractivity (Wildman–Crippen MR) is 76.1 cm³/mol. The highest BCUT2D eigenvalue weighted by Gasteiger charge is 2.61. The molecule has 4 nitrogen and oxygen atoms in total. The Morgan fingerprint density at radius 3 is 2.82 bits per heavy atom. The predicted octanol–water partition coefficient (Wildman–Crippen LogP) is 2.22. The number of para-hydroxylation sites is 1. The van der Waals surface area contributed by atoms with E-state index in [1.165, 1.54) is 0 Å². The van der Waals surface area contributed by atoms with Gasteiger partial charge in [-0.2, -0.15) is 8.78 Å². The van der Waals surface area contributed by atoms with Gasteiger partial charge in [-0.1, -0.05) is 18.2 Å². The fourth-order valence-electron chi connectivity index (χ4n) is 2.99. The van der Waals surface area contributed by atoms with Crippen molar-refractivity contribution in [2.45, 2.75) is 43.1 Å². The van der Waals surface area contributed by atoms with E-state index in [0.717, 1.165) is 11.3 Å². The molecule has 22 heavy (non-hydrogen) atoms. The molecule has 1 aromatic carbocycles. The quantitative estimate of drug-likeness (QED) is 0.896. The summed E-state index contributed by atoms with van der Waals surface area (Å²) >= 11 is 0. The Bertz CT molecular complexity index is 572. The Morgan fingerprint density at radius 1 is 1.41 bits per heavy atom. The Kier molecular flexibility index (Phi) is 3.80. The lowest BCUT2D eigenvalue weighted by atomic mass is 9.75. The first-order valence-electron chi connectivity index (χ1n) is 7.54. The fraction of sp³-hybridized carbons (Fsp3) is 0.562. The lowest BCUT2D eigenvalue weighted by Crippen LogP contribution is -2.61. The molecule has 1 saturated carbocycles. The zero-order chi connectivity index (χ0) is 15.8. The molecule has 1 aliphatic heterocycles. The fourth-order valence-corrected chi connectivity index (χ4v) is 2.99. The number of aliphatic hydroxyl groups is 1. The molecule has 2 N–H and O–H groups in total. The summed E-state index contributed by atoms with van der Waals surface area (Å²) in [5.74, 6) is -4.45. The normalized spacial score (nSPS) is 23.0. The molecule has 1 atom stereocenters. The van der Waals surface area contributed by atoms with E-state index in [4.69, 9.17) is 4.74 Å². The molecule has 120 valence electrons. The number of nitrogens with one attached hydrogen (secondary N) is 1. The number of hydrogen-bond acceptors (Lipinski definition) is 3. The SMILES string of the molecule is O=C(NC[C@@H]1CCOc2ccccc21)C(F)(F)C1(O)CCC1. The number of alkyl halides is 2. The lowest BCUT2D eigenvalue weighted by molar-refractivity contribution is -0.215. The van der Waals surface area contributed by atoms with Crippen molar-refractivity contribution in [1.29, 1.82) is 0 Å². The van der Waals surface area contributed by atoms with Gasteiger partial charge >= 0.3 is 5.92 Å². The summed E-state index contributed by atoms with van der Waals surface area (Å²) < 4.78 is 33.5. The van der Waals surface area contributed by atoms with Gasteiger partial charge in [0.2, 0.25) is 0 Å². The Hall–Kier alpha value is -1.69. The van der Waals surface area contributed by atoms with Crippen molar-refractivity contribution in [2.24, 2.45) is 0 Å². The van der Waals surface area contributed by atoms with Crippen LogP contribution in [0.2, 0.25) is 0 Å². The number of halogens is 2. The molecular formula is C16H19F2NO3. The van der Waals surface area contributed by atoms with E-state index in [2.05, 4.69) is 5.32 Å². The third-order valence-electron chi connectivity index (χ3n) is 4.64. The van der Waals surface area contributed by atoms with Gasteiger partial charge in [-0.25, -0.2) is 0 Å². The van der Waals surface area contributed by atoms with E-state index in [-0.39, 0.29) is 25.3 Å². The minimum atomic E-state index is -3.74. The Balaban J connectivity index is 1.65. The van der Waals surface area contributed by atoms with Gasteiger partial charge in [-0.05, 0) is 37.3 Å². The van der Waals surface area contributed by atoms with Crippen molar-refractivity contribution in [2.75, 3.05) is 13.2 Å². The van der Waals surface area contributed by atoms with E-state index in [9.17, 15) is 18.7 Å². The first kappa shape index (κ1) is 15.2. The molecule has 3 rings (SSSR count). The maximum Gasteiger partial charge on any atom is 0.352 e. The Labute approximate surface area is 127 Å². The summed E-state index contributed by atoms with van der Waals surface area (Å²) in [5, 5.41) is 12.1. The van der Waals surface area contributed by atoms with Crippen LogP contribution in [0.3, 0.4) is 0 Å². The second kappa shape index (κ2) is 5.50. The number of hydrogen-bond donors (Lipinski definition) is 2. The number of carbonyl (C=O) groups is 1. The average Bonchev–Trinajstić information content (AvgIpc) is 2.49. The smallest absolute Gasteiger partial charge is 0.352 e. The van der Waals surface area contributed by atoms with E-state index < -0.39 is 17.4 Å². The van der Waals surface area contributed by atoms with Gasteiger partial charge in [0, 0.05) is 12.5 Å². The highest BCUT2D eigenvalue weighted by atomic mass is 19.3. The number of carbonyl (C=O) groups excluding carboxylic acids is 1. The van der Waals surface area contributed by atoms with Crippen molar-refractivity contribution in [3.8, 4) is 5.75 Å². The van der Waals surface area contributed by atoms with E-state index in [1.807, 2.05) is 24.3 Å². The highest BCUT2D eigenvalue weighted by Crippen LogP contribution is 2.44. The largest absolute Gasteiger partial charge is 0.493 e. The summed E-state index contributed by atoms with van der Waals surface area (Å²) in [6.07, 6.45) is 1.11. The van der Waals surface area contributed by atoms with Crippen LogP contribution in [0.1, 0.15) is 37.2 Å². The third-order valence-corrected chi connectivity index (χ3v) is 4.64. The highest BCUT2D eigenvalue weighted by molar-refractivity contribution is 5.85. The molecule has 2 aliphatic rings. The van der Waals surface area contributed by atoms with Gasteiger partial charge in [0.15, 0.2) is 0 Å². The average molecular weight is 311 g/mol. The summed E-state index contributed by atoms with van der Waals surface area (Å²) in [6, 6.07) is 7.41. The molecule has 1 heterocycles. The summed E-state index contributed by atoms with van der Waals surface area (Å²) in [6.45, 7) is 0.614. The number of rotatable bonds is 4. The summed E-state index contributed by atoms with van der Waals surface area (Å²) in [4.78, 5) is 11.8. The second-order valence-corrected chi connectivity index (χ2v) is 6.04. The van der Waals surface area contributed by atoms with Gasteiger partial charge in [0.05, 0.1) is 6.61 Å². The van der Waals surface area contributed by atoms with E-state index in [1.54, 1.807) is 0 Å². The van der Waals surface area contributed by atoms with Gasteiger partial charge < -0.3 is 15.2 Å². The van der Waals surface area contributed by atoms with Crippen LogP contribution in [-0.4, -0.2) is 35.7 Å². The third kappa shape index (κ3) is 2.45. The van der Waals surface area contributed by atoms with Crippen molar-refractivity contribution in [3.05, 3.63) is 29.8 Å². The van der Waals surface area contributed by atoms with Crippen LogP contribution >= 0.6 is 0 Å². The van der Waals surface area contributed by atoms with Crippen LogP contribution in [0, 0.1) is 0 Å². The number of benzene rings is 1. The van der Waals surface area contributed by atoms with Gasteiger partial charge in [-0.3, -0.25) is 4.79 Å². The molecule has 6 heteroatoms. The van der Waals surface area contributed by atoms with E-state index in [0.29, 0.717) is 19.4 Å². The van der Waals surface area contributed by atoms with E-state index >= 15 is 0 Å². The molecule has 1 amide bonds. The first-order valence-corrected chi connectivity index (χ1v) is 7.54. The second-order valence-electron chi connectivity index (χ2n) is 6.04. The van der Waals surface area contributed by atoms with Crippen LogP contribution in [0.4, 0.5) is 8.78 Å². The molecule has 0 unspecified atom stereocenters. The molecule has 1 fully saturated rings. The topological polar surface area (TPSA) is 58.6 Å². The number of ether oxygens (including phenoxy) is 1. The van der Waals surface area contributed by atoms with Crippen molar-refractivity contribution in [3.63, 3.8) is 0 Å². The van der Waals surface area contributed by atoms with Crippen LogP contribution in [0.5, 0.6) is 5.75 Å². The minimum Gasteiger partial charge on any atom is -0.493 e. The monoisotopic (exact) mass is 311 g/mol. The lowest BCUT2D eigenvalue weighted by Gasteiger charge is -2.41. The molecule has 0 spiro atoms. The van der Waals surface area contributed by atoms with Crippen LogP contribution in [0.25, 0.3) is 0 Å². The van der Waals surface area contributed by atoms with Gasteiger partial charge in [0.1, 0.15) is 11.4 Å². The zero-order valence-corrected chi connectivity index (χ0v) is 12.1. The van der Waals surface area contributed by atoms with Crippen LogP contribution in [-0.2, 0) is 4.79 Å². The maximum absolute atomic E-state index is 14.0. The molecule has 0 aromatic heterocycles. The van der Waals surface area contributed by atoms with Gasteiger partial charge in [0.25, 0.3) is 5.91 Å². The first-order chi connectivity index (χ1) is 10.4. The van der Waals surface area contributed by atoms with Crippen molar-refractivity contribution < 1.29 is 23.4 Å². The number of amides is 1. The van der Waals surface area contributed by atoms with Crippen LogP contribution < -0.4 is 10.1 Å². The molecule has 1 aliphatic carbocycles. The Morgan fingerprint density at radius 2 is 2.14 bits per heavy atom. The molecule has 0 saturated heterocycles. The van der Waals surface area contributed by atoms with Crippen molar-refractivity contribution in [1.82, 2.24) is 5.32 Å². The standard InChI is InChI=1S/C16H19F2NO3/c17-16(18,15(21)7-3-8-15)14(20)19-10-11-6-9-22-13-5-2-1-4-12(11)13/h1-2,4-5,11,21H,3,6-10H2,(H,19,20)/t11-/m0/s1. The molecule has 0 bridgehead atoms. The minimum absolute atomic E-state index is 0.0342. The van der Waals surface area contributed by atoms with Gasteiger partial charge in [-0.15, -0.1) is 0 Å². The zero-order valence-electron chi connectivity index (χ0n) is 12.1. The molecule has 0 radical (unpaired) electrons.